The van der Waals surface area contributed by atoms with Gasteiger partial charge in [0.15, 0.2) is 5.13 Å². The number of anilines is 1. The van der Waals surface area contributed by atoms with Gasteiger partial charge in [-0.3, -0.25) is 0 Å². The first kappa shape index (κ1) is 11.9. The fraction of sp³-hybridized carbons (Fsp3) is 0. The molecule has 2 N–H and O–H groups in total. The van der Waals surface area contributed by atoms with Crippen LogP contribution in [-0.4, -0.2) is 9.55 Å². The Balaban J connectivity index is 2.02. The summed E-state index contributed by atoms with van der Waals surface area (Å²) in [6.45, 7) is 0. The second-order valence-corrected chi connectivity index (χ2v) is 5.81. The number of rotatable bonds is 1. The number of hydrogen-bond acceptors (Lipinski definition) is 4. The van der Waals surface area contributed by atoms with Gasteiger partial charge < -0.3 is 10.3 Å². The highest BCUT2D eigenvalue weighted by Gasteiger charge is 2.09. The Bertz CT molecular complexity index is 1020. The monoisotopic (exact) mass is 290 g/mol. The van der Waals surface area contributed by atoms with E-state index < -0.39 is 0 Å². The maximum atomic E-state index is 9.31. The lowest BCUT2D eigenvalue weighted by Gasteiger charge is -2.06. The molecule has 4 rings (SSSR count). The molecular weight excluding hydrogens is 280 g/mol. The molecule has 0 unspecified atom stereocenters. The summed E-state index contributed by atoms with van der Waals surface area (Å²) >= 11 is 1.47. The first-order chi connectivity index (χ1) is 10.3. The van der Waals surface area contributed by atoms with Crippen LogP contribution in [0.5, 0.6) is 0 Å². The highest BCUT2D eigenvalue weighted by atomic mass is 32.1. The minimum absolute atomic E-state index is 0.567. The fourth-order valence-electron chi connectivity index (χ4n) is 2.58. The molecule has 0 radical (unpaired) electrons. The van der Waals surface area contributed by atoms with Gasteiger partial charge in [-0.05, 0) is 30.3 Å². The number of nitrogen functional groups attached to an aromatic ring is 1. The molecule has 0 aliphatic rings. The van der Waals surface area contributed by atoms with E-state index in [0.29, 0.717) is 10.7 Å². The first-order valence-electron chi connectivity index (χ1n) is 6.43. The van der Waals surface area contributed by atoms with Crippen LogP contribution in [-0.2, 0) is 0 Å². The number of benzene rings is 2. The summed E-state index contributed by atoms with van der Waals surface area (Å²) in [6.07, 6.45) is 1.98. The van der Waals surface area contributed by atoms with E-state index >= 15 is 0 Å². The molecule has 4 nitrogen and oxygen atoms in total. The Morgan fingerprint density at radius 2 is 2.10 bits per heavy atom. The van der Waals surface area contributed by atoms with Gasteiger partial charge in [0.2, 0.25) is 0 Å². The molecule has 0 fully saturated rings. The minimum atomic E-state index is 0.567. The molecule has 0 amide bonds. The number of para-hydroxylation sites is 1. The normalized spacial score (nSPS) is 11.0. The highest BCUT2D eigenvalue weighted by molar-refractivity contribution is 7.22. The molecule has 0 aliphatic carbocycles. The van der Waals surface area contributed by atoms with Crippen LogP contribution in [0.25, 0.3) is 26.8 Å². The molecule has 0 aliphatic heterocycles. The summed E-state index contributed by atoms with van der Waals surface area (Å²) in [4.78, 5) is 4.27. The van der Waals surface area contributed by atoms with E-state index in [1.807, 2.05) is 47.2 Å². The van der Waals surface area contributed by atoms with Gasteiger partial charge in [-0.2, -0.15) is 5.26 Å². The van der Waals surface area contributed by atoms with E-state index in [1.165, 1.54) is 11.3 Å². The zero-order chi connectivity index (χ0) is 14.4. The third-order valence-electron chi connectivity index (χ3n) is 3.50. The topological polar surface area (TPSA) is 67.6 Å². The third kappa shape index (κ3) is 1.77. The van der Waals surface area contributed by atoms with Gasteiger partial charge in [-0.1, -0.05) is 23.5 Å². The van der Waals surface area contributed by atoms with Gasteiger partial charge in [0.05, 0.1) is 21.3 Å². The Hall–Kier alpha value is -2.84. The van der Waals surface area contributed by atoms with Crippen molar-refractivity contribution in [1.82, 2.24) is 9.55 Å². The number of nitriles is 1. The lowest BCUT2D eigenvalue weighted by molar-refractivity contribution is 1.13. The number of aromatic nitrogens is 2. The summed E-state index contributed by atoms with van der Waals surface area (Å²) in [7, 11) is 0. The van der Waals surface area contributed by atoms with Crippen LogP contribution >= 0.6 is 11.3 Å². The molecule has 21 heavy (non-hydrogen) atoms. The van der Waals surface area contributed by atoms with Crippen molar-refractivity contribution in [3.63, 3.8) is 0 Å². The van der Waals surface area contributed by atoms with E-state index in [2.05, 4.69) is 17.1 Å². The minimum Gasteiger partial charge on any atom is -0.375 e. The lowest BCUT2D eigenvalue weighted by Crippen LogP contribution is -1.93. The van der Waals surface area contributed by atoms with Crippen LogP contribution < -0.4 is 5.73 Å². The van der Waals surface area contributed by atoms with Gasteiger partial charge in [0.1, 0.15) is 6.07 Å². The van der Waals surface area contributed by atoms with Crippen LogP contribution in [0.4, 0.5) is 5.13 Å². The van der Waals surface area contributed by atoms with Crippen LogP contribution in [0, 0.1) is 11.3 Å². The molecule has 100 valence electrons. The summed E-state index contributed by atoms with van der Waals surface area (Å²) in [5.74, 6) is 0. The van der Waals surface area contributed by atoms with Crippen molar-refractivity contribution in [3.8, 4) is 11.8 Å². The van der Waals surface area contributed by atoms with Crippen molar-refractivity contribution >= 4 is 37.6 Å². The summed E-state index contributed by atoms with van der Waals surface area (Å²) in [6, 6.07) is 16.0. The lowest BCUT2D eigenvalue weighted by atomic mass is 10.1. The van der Waals surface area contributed by atoms with Crippen LogP contribution in [0.15, 0.2) is 48.7 Å². The van der Waals surface area contributed by atoms with Crippen molar-refractivity contribution in [2.24, 2.45) is 0 Å². The zero-order valence-electron chi connectivity index (χ0n) is 10.9. The molecule has 0 spiro atoms. The van der Waals surface area contributed by atoms with Crippen molar-refractivity contribution in [2.75, 3.05) is 5.73 Å². The SMILES string of the molecule is N#Cc1cccc2ccn(-c3ccc4nc(N)sc4c3)c12. The molecule has 2 aromatic carbocycles. The van der Waals surface area contributed by atoms with Gasteiger partial charge in [-0.15, -0.1) is 0 Å². The van der Waals surface area contributed by atoms with Gasteiger partial charge in [-0.25, -0.2) is 4.98 Å². The van der Waals surface area contributed by atoms with E-state index in [-0.39, 0.29) is 0 Å². The maximum absolute atomic E-state index is 9.31. The van der Waals surface area contributed by atoms with E-state index in [4.69, 9.17) is 5.73 Å². The predicted octanol–water partition coefficient (Wildman–Crippen LogP) is 3.69. The Kier molecular flexibility index (Phi) is 2.46. The van der Waals surface area contributed by atoms with Crippen LogP contribution in [0.3, 0.4) is 0 Å². The van der Waals surface area contributed by atoms with Crippen molar-refractivity contribution < 1.29 is 0 Å². The quantitative estimate of drug-likeness (QED) is 0.581. The zero-order valence-corrected chi connectivity index (χ0v) is 11.8. The van der Waals surface area contributed by atoms with Crippen molar-refractivity contribution in [1.29, 1.82) is 5.26 Å². The van der Waals surface area contributed by atoms with Crippen molar-refractivity contribution in [2.45, 2.75) is 0 Å². The van der Waals surface area contributed by atoms with Gasteiger partial charge >= 0.3 is 0 Å². The van der Waals surface area contributed by atoms with Crippen molar-refractivity contribution in [3.05, 3.63) is 54.2 Å². The molecule has 0 saturated carbocycles. The smallest absolute Gasteiger partial charge is 0.181 e. The maximum Gasteiger partial charge on any atom is 0.181 e. The Morgan fingerprint density at radius 1 is 1.19 bits per heavy atom. The average Bonchev–Trinajstić information content (AvgIpc) is 3.08. The molecular formula is C16H10N4S. The number of hydrogen-bond donors (Lipinski definition) is 1. The van der Waals surface area contributed by atoms with Crippen LogP contribution in [0.2, 0.25) is 0 Å². The highest BCUT2D eigenvalue weighted by Crippen LogP contribution is 2.29. The first-order valence-corrected chi connectivity index (χ1v) is 7.24. The standard InChI is InChI=1S/C16H10N4S/c17-9-11-3-1-2-10-6-7-20(15(10)11)12-4-5-13-14(8-12)21-16(18)19-13/h1-8H,(H2,18,19). The molecule has 0 saturated heterocycles. The Morgan fingerprint density at radius 3 is 2.95 bits per heavy atom. The second-order valence-electron chi connectivity index (χ2n) is 4.75. The number of thiazole rings is 1. The Labute approximate surface area is 124 Å². The molecule has 2 heterocycles. The summed E-state index contributed by atoms with van der Waals surface area (Å²) in [5, 5.41) is 10.9. The average molecular weight is 290 g/mol. The molecule has 4 aromatic rings. The summed E-state index contributed by atoms with van der Waals surface area (Å²) in [5.41, 5.74) is 9.25. The number of nitrogens with two attached hydrogens (primary N) is 1. The second kappa shape index (κ2) is 4.33. The van der Waals surface area contributed by atoms with Crippen LogP contribution in [0.1, 0.15) is 5.56 Å². The largest absolute Gasteiger partial charge is 0.375 e. The third-order valence-corrected chi connectivity index (χ3v) is 4.35. The molecule has 0 bridgehead atoms. The predicted molar refractivity (Wildman–Crippen MR) is 85.6 cm³/mol. The van der Waals surface area contributed by atoms with E-state index in [0.717, 1.165) is 26.8 Å². The molecule has 0 atom stereocenters. The van der Waals surface area contributed by atoms with Gasteiger partial charge in [0.25, 0.3) is 0 Å². The molecule has 5 heteroatoms. The van der Waals surface area contributed by atoms with E-state index in [1.54, 1.807) is 0 Å². The number of nitrogens with zero attached hydrogens (tertiary/aromatic N) is 3. The van der Waals surface area contributed by atoms with Gasteiger partial charge in [0, 0.05) is 17.3 Å². The molecule has 2 aromatic heterocycles. The fourth-order valence-corrected chi connectivity index (χ4v) is 3.35. The number of fused-ring (bicyclic) bond motifs is 2. The van der Waals surface area contributed by atoms with E-state index in [9.17, 15) is 5.26 Å². The summed E-state index contributed by atoms with van der Waals surface area (Å²) < 4.78 is 3.07.